The highest BCUT2D eigenvalue weighted by atomic mass is 16.1. The fourth-order valence-corrected chi connectivity index (χ4v) is 2.85. The van der Waals surface area contributed by atoms with Crippen molar-refractivity contribution in [2.75, 3.05) is 13.1 Å². The summed E-state index contributed by atoms with van der Waals surface area (Å²) in [6, 6.07) is 0. The number of aromatic nitrogens is 2. The molecule has 1 aliphatic rings. The van der Waals surface area contributed by atoms with Gasteiger partial charge in [-0.05, 0) is 52.1 Å². The molecule has 0 unspecified atom stereocenters. The second kappa shape index (κ2) is 6.88. The van der Waals surface area contributed by atoms with E-state index in [2.05, 4.69) is 15.7 Å². The number of aryl methyl sites for hydroxylation is 2. The van der Waals surface area contributed by atoms with E-state index >= 15 is 0 Å². The van der Waals surface area contributed by atoms with Gasteiger partial charge in [0.15, 0.2) is 0 Å². The lowest BCUT2D eigenvalue weighted by Gasteiger charge is -2.22. The Morgan fingerprint density at radius 1 is 1.40 bits per heavy atom. The summed E-state index contributed by atoms with van der Waals surface area (Å²) in [4.78, 5) is 11.9. The number of hydrogen-bond donors (Lipinski definition) is 2. The van der Waals surface area contributed by atoms with E-state index in [1.54, 1.807) is 0 Å². The van der Waals surface area contributed by atoms with Crippen LogP contribution in [-0.2, 0) is 18.4 Å². The Kier molecular flexibility index (Phi) is 5.17. The first kappa shape index (κ1) is 15.0. The van der Waals surface area contributed by atoms with E-state index in [1.807, 2.05) is 25.6 Å². The fourth-order valence-electron chi connectivity index (χ4n) is 2.85. The van der Waals surface area contributed by atoms with Crippen molar-refractivity contribution in [3.8, 4) is 0 Å². The predicted octanol–water partition coefficient (Wildman–Crippen LogP) is 1.43. The van der Waals surface area contributed by atoms with E-state index in [9.17, 15) is 4.79 Å². The first-order chi connectivity index (χ1) is 9.58. The average Bonchev–Trinajstić information content (AvgIpc) is 2.69. The normalized spacial score (nSPS) is 16.4. The van der Waals surface area contributed by atoms with Gasteiger partial charge >= 0.3 is 0 Å². The van der Waals surface area contributed by atoms with Crippen LogP contribution in [0.4, 0.5) is 0 Å². The summed E-state index contributed by atoms with van der Waals surface area (Å²) in [5, 5.41) is 10.7. The highest BCUT2D eigenvalue weighted by Gasteiger charge is 2.15. The maximum atomic E-state index is 11.9. The van der Waals surface area contributed by atoms with Crippen molar-refractivity contribution >= 4 is 5.91 Å². The summed E-state index contributed by atoms with van der Waals surface area (Å²) in [5.41, 5.74) is 3.27. The molecule has 0 spiro atoms. The summed E-state index contributed by atoms with van der Waals surface area (Å²) < 4.78 is 1.87. The standard InChI is InChI=1S/C15H26N4O/c1-11-14(12(2)19(3)18-11)10-17-15(20)5-4-13-6-8-16-9-7-13/h13,16H,4-10H2,1-3H3,(H,17,20). The summed E-state index contributed by atoms with van der Waals surface area (Å²) >= 11 is 0. The first-order valence-corrected chi connectivity index (χ1v) is 7.54. The third-order valence-corrected chi connectivity index (χ3v) is 4.36. The maximum absolute atomic E-state index is 11.9. The Hall–Kier alpha value is -1.36. The number of piperidine rings is 1. The SMILES string of the molecule is Cc1nn(C)c(C)c1CNC(=O)CCC1CCNCC1. The largest absolute Gasteiger partial charge is 0.352 e. The Morgan fingerprint density at radius 3 is 2.70 bits per heavy atom. The number of nitrogens with zero attached hydrogens (tertiary/aromatic N) is 2. The number of hydrogen-bond acceptors (Lipinski definition) is 3. The Balaban J connectivity index is 1.74. The zero-order valence-electron chi connectivity index (χ0n) is 12.8. The van der Waals surface area contributed by atoms with Crippen molar-refractivity contribution in [3.63, 3.8) is 0 Å². The molecule has 2 rings (SSSR count). The van der Waals surface area contributed by atoms with Crippen LogP contribution in [0.2, 0.25) is 0 Å². The van der Waals surface area contributed by atoms with E-state index in [0.717, 1.165) is 36.5 Å². The van der Waals surface area contributed by atoms with Gasteiger partial charge in [-0.3, -0.25) is 9.48 Å². The second-order valence-corrected chi connectivity index (χ2v) is 5.78. The molecule has 0 saturated carbocycles. The topological polar surface area (TPSA) is 59.0 Å². The average molecular weight is 278 g/mol. The summed E-state index contributed by atoms with van der Waals surface area (Å²) in [7, 11) is 1.94. The van der Waals surface area contributed by atoms with Gasteiger partial charge in [0.2, 0.25) is 5.91 Å². The van der Waals surface area contributed by atoms with Gasteiger partial charge in [-0.2, -0.15) is 5.10 Å². The van der Waals surface area contributed by atoms with Gasteiger partial charge in [0, 0.05) is 31.3 Å². The first-order valence-electron chi connectivity index (χ1n) is 7.54. The molecule has 0 radical (unpaired) electrons. The van der Waals surface area contributed by atoms with Crippen molar-refractivity contribution < 1.29 is 4.79 Å². The zero-order chi connectivity index (χ0) is 14.5. The Morgan fingerprint density at radius 2 is 2.10 bits per heavy atom. The Bertz CT molecular complexity index is 461. The lowest BCUT2D eigenvalue weighted by Crippen LogP contribution is -2.29. The molecule has 0 aliphatic carbocycles. The van der Waals surface area contributed by atoms with Crippen LogP contribution in [0.5, 0.6) is 0 Å². The quantitative estimate of drug-likeness (QED) is 0.856. The molecule has 1 fully saturated rings. The molecular weight excluding hydrogens is 252 g/mol. The van der Waals surface area contributed by atoms with Crippen LogP contribution in [0.15, 0.2) is 0 Å². The smallest absolute Gasteiger partial charge is 0.220 e. The molecule has 5 heteroatoms. The minimum absolute atomic E-state index is 0.159. The second-order valence-electron chi connectivity index (χ2n) is 5.78. The van der Waals surface area contributed by atoms with Gasteiger partial charge in [0.25, 0.3) is 0 Å². The van der Waals surface area contributed by atoms with Crippen molar-refractivity contribution in [1.82, 2.24) is 20.4 Å². The van der Waals surface area contributed by atoms with Gasteiger partial charge < -0.3 is 10.6 Å². The van der Waals surface area contributed by atoms with Gasteiger partial charge in [0.05, 0.1) is 5.69 Å². The number of rotatable bonds is 5. The van der Waals surface area contributed by atoms with E-state index in [1.165, 1.54) is 12.8 Å². The summed E-state index contributed by atoms with van der Waals surface area (Å²) in [6.07, 6.45) is 4.06. The Labute approximate surface area is 121 Å². The third-order valence-electron chi connectivity index (χ3n) is 4.36. The summed E-state index contributed by atoms with van der Waals surface area (Å²) in [6.45, 7) is 6.82. The number of nitrogens with one attached hydrogen (secondary N) is 2. The molecule has 1 aromatic rings. The van der Waals surface area contributed by atoms with Crippen LogP contribution in [0.3, 0.4) is 0 Å². The van der Waals surface area contributed by atoms with Crippen molar-refractivity contribution in [2.24, 2.45) is 13.0 Å². The monoisotopic (exact) mass is 278 g/mol. The van der Waals surface area contributed by atoms with Crippen LogP contribution in [-0.4, -0.2) is 28.8 Å². The van der Waals surface area contributed by atoms with E-state index in [-0.39, 0.29) is 5.91 Å². The van der Waals surface area contributed by atoms with E-state index in [0.29, 0.717) is 18.9 Å². The maximum Gasteiger partial charge on any atom is 0.220 e. The highest BCUT2D eigenvalue weighted by molar-refractivity contribution is 5.75. The molecule has 1 saturated heterocycles. The molecule has 112 valence electrons. The fraction of sp³-hybridized carbons (Fsp3) is 0.733. The lowest BCUT2D eigenvalue weighted by molar-refractivity contribution is -0.121. The molecule has 2 heterocycles. The molecule has 5 nitrogen and oxygen atoms in total. The molecule has 20 heavy (non-hydrogen) atoms. The highest BCUT2D eigenvalue weighted by Crippen LogP contribution is 2.17. The molecule has 1 amide bonds. The van der Waals surface area contributed by atoms with Crippen LogP contribution in [0.25, 0.3) is 0 Å². The van der Waals surface area contributed by atoms with E-state index in [4.69, 9.17) is 0 Å². The molecule has 2 N–H and O–H groups in total. The van der Waals surface area contributed by atoms with E-state index < -0.39 is 0 Å². The number of carbonyl (C=O) groups is 1. The van der Waals surface area contributed by atoms with Gasteiger partial charge in [-0.1, -0.05) is 0 Å². The molecule has 0 bridgehead atoms. The third kappa shape index (κ3) is 3.82. The van der Waals surface area contributed by atoms with Crippen LogP contribution >= 0.6 is 0 Å². The molecule has 0 atom stereocenters. The molecular formula is C15H26N4O. The van der Waals surface area contributed by atoms with Crippen LogP contribution in [0, 0.1) is 19.8 Å². The minimum Gasteiger partial charge on any atom is -0.352 e. The van der Waals surface area contributed by atoms with Crippen LogP contribution in [0.1, 0.15) is 42.6 Å². The molecule has 0 aromatic carbocycles. The molecule has 1 aromatic heterocycles. The van der Waals surface area contributed by atoms with Gasteiger partial charge in [-0.15, -0.1) is 0 Å². The van der Waals surface area contributed by atoms with Gasteiger partial charge in [-0.25, -0.2) is 0 Å². The van der Waals surface area contributed by atoms with Crippen LogP contribution < -0.4 is 10.6 Å². The van der Waals surface area contributed by atoms with Crippen molar-refractivity contribution in [1.29, 1.82) is 0 Å². The lowest BCUT2D eigenvalue weighted by atomic mass is 9.93. The minimum atomic E-state index is 0.159. The van der Waals surface area contributed by atoms with Crippen molar-refractivity contribution in [3.05, 3.63) is 17.0 Å². The number of amides is 1. The van der Waals surface area contributed by atoms with Gasteiger partial charge in [0.1, 0.15) is 0 Å². The zero-order valence-corrected chi connectivity index (χ0v) is 12.8. The summed E-state index contributed by atoms with van der Waals surface area (Å²) in [5.74, 6) is 0.870. The molecule has 1 aliphatic heterocycles. The number of carbonyl (C=O) groups excluding carboxylic acids is 1. The predicted molar refractivity (Wildman–Crippen MR) is 79.4 cm³/mol. The van der Waals surface area contributed by atoms with Crippen molar-refractivity contribution in [2.45, 2.75) is 46.1 Å².